The highest BCUT2D eigenvalue weighted by Gasteiger charge is 2.31. The van der Waals surface area contributed by atoms with Gasteiger partial charge in [0.2, 0.25) is 17.7 Å². The Balaban J connectivity index is 0.000000277. The maximum atomic E-state index is 12.0. The third-order valence-electron chi connectivity index (χ3n) is 10.7. The molecule has 0 saturated heterocycles. The largest absolute Gasteiger partial charge is 0.428 e. The molecule has 1 heterocycles. The zero-order valence-corrected chi connectivity index (χ0v) is 47.8. The van der Waals surface area contributed by atoms with Crippen molar-refractivity contribution in [1.82, 2.24) is 16.0 Å². The molecule has 26 heteroatoms. The van der Waals surface area contributed by atoms with Crippen molar-refractivity contribution in [3.8, 4) is 5.75 Å². The number of benzene rings is 2. The van der Waals surface area contributed by atoms with Gasteiger partial charge in [-0.3, -0.25) is 28.2 Å². The minimum absolute atomic E-state index is 0.0415. The van der Waals surface area contributed by atoms with Crippen LogP contribution in [0.5, 0.6) is 5.75 Å². The SMILES string of the molecule is C=C(C)C(=O)NCS(=O)(=O)OC1=CC(=O)CC(C)(C)C1.C=C(C)C(=O)NCS(=O)(=O)OC1=CC(=O)c2ccccc21.C=C(C)C(=O)NCS(=O)(=O)Oc1cc(C)oc(=O)c1.C=Cc1ccc(CS(=O)(=O)OC2CCCCC2)cc1. The van der Waals surface area contributed by atoms with Crippen LogP contribution in [0.2, 0.25) is 0 Å². The van der Waals surface area contributed by atoms with Crippen LogP contribution in [0.15, 0.2) is 131 Å². The zero-order valence-electron chi connectivity index (χ0n) is 44.6. The summed E-state index contributed by atoms with van der Waals surface area (Å²) in [5.74, 6) is -4.27. The highest BCUT2D eigenvalue weighted by atomic mass is 32.2. The Morgan fingerprint density at radius 1 is 0.658 bits per heavy atom. The van der Waals surface area contributed by atoms with Gasteiger partial charge in [-0.2, -0.15) is 33.7 Å². The first-order valence-electron chi connectivity index (χ1n) is 24.0. The predicted octanol–water partition coefficient (Wildman–Crippen LogP) is 6.29. The lowest BCUT2D eigenvalue weighted by Crippen LogP contribution is -2.32. The average molecular weight is 1180 g/mol. The maximum absolute atomic E-state index is 12.0. The van der Waals surface area contributed by atoms with E-state index in [0.717, 1.165) is 49.0 Å². The molecule has 0 bridgehead atoms. The fourth-order valence-electron chi connectivity index (χ4n) is 7.03. The van der Waals surface area contributed by atoms with E-state index in [9.17, 15) is 62.4 Å². The summed E-state index contributed by atoms with van der Waals surface area (Å²) < 4.78 is 119. The van der Waals surface area contributed by atoms with Crippen molar-refractivity contribution in [2.75, 3.05) is 17.6 Å². The fraction of sp³-hybridized carbons (Fsp3) is 0.358. The van der Waals surface area contributed by atoms with Gasteiger partial charge >= 0.3 is 36.0 Å². The second-order valence-electron chi connectivity index (χ2n) is 19.0. The molecule has 3 N–H and O–H groups in total. The van der Waals surface area contributed by atoms with Crippen LogP contribution in [-0.4, -0.2) is 86.7 Å². The lowest BCUT2D eigenvalue weighted by atomic mass is 9.80. The maximum Gasteiger partial charge on any atom is 0.339 e. The van der Waals surface area contributed by atoms with Crippen molar-refractivity contribution in [1.29, 1.82) is 0 Å². The van der Waals surface area contributed by atoms with Gasteiger partial charge in [0.15, 0.2) is 40.7 Å². The molecule has 6 rings (SSSR count). The first-order valence-corrected chi connectivity index (χ1v) is 30.3. The van der Waals surface area contributed by atoms with E-state index in [1.54, 1.807) is 42.5 Å². The van der Waals surface area contributed by atoms with Crippen molar-refractivity contribution in [2.24, 2.45) is 5.41 Å². The normalized spacial score (nSPS) is 14.9. The topological polar surface area (TPSA) is 325 Å². The van der Waals surface area contributed by atoms with Crippen molar-refractivity contribution < 1.29 is 78.8 Å². The number of ketones is 2. The molecule has 0 atom stereocenters. The lowest BCUT2D eigenvalue weighted by Gasteiger charge is -2.27. The summed E-state index contributed by atoms with van der Waals surface area (Å²) in [6, 6.07) is 16.0. The van der Waals surface area contributed by atoms with Crippen molar-refractivity contribution in [3.05, 3.63) is 160 Å². The molecule has 1 fully saturated rings. The van der Waals surface area contributed by atoms with Gasteiger partial charge in [0.25, 0.3) is 10.1 Å². The molecular formula is C53H65N3O19S4. The Labute approximate surface area is 461 Å². The monoisotopic (exact) mass is 1180 g/mol. The number of rotatable bonds is 20. The standard InChI is InChI=1S/C15H20O3S.C14H13NO5S.C13H19NO5S.C11H13NO6S/c1-2-13-8-10-14(11-9-13)12-19(16,17)18-15-6-4-3-5-7-15;1-9(2)14(17)15-8-21(18,19)20-13-7-12(16)10-5-3-4-6-11(10)13;1-9(2)12(16)14-8-20(17,18)19-11-5-10(15)6-13(3,4)7-11;1-7(2)11(14)12-6-19(15,16)18-9-4-8(3)17-10(13)5-9/h2,8-11,15H,1,3-7,12H2;3-7H,1,8H2,2H3,(H,15,17);5H,1,6-8H2,2-4H3,(H,14,16);4-5H,1,6H2,2-3H3,(H,12,14). The molecule has 0 spiro atoms. The minimum atomic E-state index is -4.05. The van der Waals surface area contributed by atoms with Gasteiger partial charge in [-0.25, -0.2) is 4.79 Å². The summed E-state index contributed by atoms with van der Waals surface area (Å²) in [5.41, 5.74) is 2.03. The average Bonchev–Trinajstić information content (AvgIpc) is 3.64. The number of hydrogen-bond donors (Lipinski definition) is 3. The van der Waals surface area contributed by atoms with Crippen LogP contribution in [0, 0.1) is 12.3 Å². The van der Waals surface area contributed by atoms with Crippen LogP contribution >= 0.6 is 0 Å². The number of carbonyl (C=O) groups excluding carboxylic acids is 5. The van der Waals surface area contributed by atoms with Crippen LogP contribution in [0.25, 0.3) is 11.8 Å². The van der Waals surface area contributed by atoms with Crippen molar-refractivity contribution in [2.45, 2.75) is 98.3 Å². The van der Waals surface area contributed by atoms with E-state index < -0.39 is 81.4 Å². The molecular weight excluding hydrogens is 1110 g/mol. The van der Waals surface area contributed by atoms with Gasteiger partial charge in [0.05, 0.1) is 12.2 Å². The van der Waals surface area contributed by atoms with Crippen LogP contribution in [0.4, 0.5) is 0 Å². The van der Waals surface area contributed by atoms with Crippen LogP contribution in [0.3, 0.4) is 0 Å². The summed E-state index contributed by atoms with van der Waals surface area (Å²) in [7, 11) is -15.6. The Morgan fingerprint density at radius 3 is 1.63 bits per heavy atom. The molecule has 3 amide bonds. The molecule has 0 aliphatic heterocycles. The number of aryl methyl sites for hydroxylation is 1. The Hall–Kier alpha value is -7.26. The van der Waals surface area contributed by atoms with E-state index >= 15 is 0 Å². The van der Waals surface area contributed by atoms with Gasteiger partial charge in [-0.1, -0.05) is 114 Å². The van der Waals surface area contributed by atoms with Gasteiger partial charge in [0, 0.05) is 58.9 Å². The number of hydrogen-bond acceptors (Lipinski definition) is 19. The van der Waals surface area contributed by atoms with Crippen LogP contribution in [0.1, 0.15) is 112 Å². The smallest absolute Gasteiger partial charge is 0.339 e. The van der Waals surface area contributed by atoms with E-state index in [4.69, 9.17) is 12.5 Å². The van der Waals surface area contributed by atoms with E-state index in [2.05, 4.69) is 50.9 Å². The number of fused-ring (bicyclic) bond motifs is 1. The molecule has 3 aromatic rings. The third kappa shape index (κ3) is 24.5. The summed E-state index contributed by atoms with van der Waals surface area (Å²) in [6.07, 6.45) is 9.65. The van der Waals surface area contributed by atoms with Crippen LogP contribution in [-0.2, 0) is 78.0 Å². The van der Waals surface area contributed by atoms with Gasteiger partial charge < -0.3 is 32.9 Å². The molecule has 1 saturated carbocycles. The Morgan fingerprint density at radius 2 is 1.15 bits per heavy atom. The summed E-state index contributed by atoms with van der Waals surface area (Å²) in [5, 5.41) is 6.47. The molecule has 0 unspecified atom stereocenters. The molecule has 0 radical (unpaired) electrons. The molecule has 22 nitrogen and oxygen atoms in total. The van der Waals surface area contributed by atoms with E-state index in [1.165, 1.54) is 46.3 Å². The Kier molecular flexibility index (Phi) is 24.3. The van der Waals surface area contributed by atoms with E-state index in [1.807, 2.05) is 26.0 Å². The number of amides is 3. The summed E-state index contributed by atoms with van der Waals surface area (Å²) in [6.45, 7) is 23.4. The molecule has 3 aliphatic rings. The van der Waals surface area contributed by atoms with Gasteiger partial charge in [-0.05, 0) is 57.1 Å². The highest BCUT2D eigenvalue weighted by molar-refractivity contribution is 7.87. The lowest BCUT2D eigenvalue weighted by molar-refractivity contribution is -0.118. The molecule has 2 aromatic carbocycles. The first kappa shape index (κ1) is 66.0. The molecule has 79 heavy (non-hydrogen) atoms. The first-order chi connectivity index (χ1) is 36.6. The molecule has 3 aliphatic carbocycles. The quantitative estimate of drug-likeness (QED) is 0.0826. The highest BCUT2D eigenvalue weighted by Crippen LogP contribution is 2.35. The number of nitrogens with one attached hydrogen (secondary N) is 3. The van der Waals surface area contributed by atoms with Gasteiger partial charge in [0.1, 0.15) is 17.3 Å². The predicted molar refractivity (Wildman–Crippen MR) is 295 cm³/mol. The second-order valence-corrected chi connectivity index (χ2v) is 25.3. The third-order valence-corrected chi connectivity index (χ3v) is 14.8. The van der Waals surface area contributed by atoms with Crippen LogP contribution < -0.4 is 25.8 Å². The fourth-order valence-corrected chi connectivity index (χ4v) is 10.6. The van der Waals surface area contributed by atoms with Crippen molar-refractivity contribution in [3.63, 3.8) is 0 Å². The van der Waals surface area contributed by atoms with Gasteiger partial charge in [-0.15, -0.1) is 0 Å². The second kappa shape index (κ2) is 29.1. The number of carbonyl (C=O) groups is 5. The summed E-state index contributed by atoms with van der Waals surface area (Å²) >= 11 is 0. The van der Waals surface area contributed by atoms with Crippen molar-refractivity contribution >= 4 is 81.6 Å². The molecule has 430 valence electrons. The van der Waals surface area contributed by atoms with E-state index in [-0.39, 0.29) is 68.6 Å². The summed E-state index contributed by atoms with van der Waals surface area (Å²) in [4.78, 5) is 67.9. The number of allylic oxidation sites excluding steroid dienone is 3. The van der Waals surface area contributed by atoms with E-state index in [0.29, 0.717) is 24.0 Å². The molecule has 1 aromatic heterocycles. The Bertz CT molecular complexity index is 3410. The zero-order chi connectivity index (χ0) is 59.5. The minimum Gasteiger partial charge on any atom is -0.428 e.